The third-order valence-electron chi connectivity index (χ3n) is 2.43. The first kappa shape index (κ1) is 13.0. The fraction of sp³-hybridized carbons (Fsp3) is 0.273. The molecule has 0 saturated carbocycles. The zero-order valence-corrected chi connectivity index (χ0v) is 11.1. The van der Waals surface area contributed by atoms with Crippen LogP contribution in [0.2, 0.25) is 5.15 Å². The van der Waals surface area contributed by atoms with Crippen molar-refractivity contribution in [2.45, 2.75) is 13.0 Å². The predicted molar refractivity (Wildman–Crippen MR) is 68.2 cm³/mol. The normalized spacial score (nSPS) is 20.9. The van der Waals surface area contributed by atoms with Gasteiger partial charge in [0, 0.05) is 16.7 Å². The Balaban J connectivity index is 2.11. The number of rotatable bonds is 2. The lowest BCUT2D eigenvalue weighted by Gasteiger charge is -2.10. The maximum atomic E-state index is 11.9. The van der Waals surface area contributed by atoms with E-state index in [0.717, 1.165) is 5.41 Å². The minimum absolute atomic E-state index is 0.101. The van der Waals surface area contributed by atoms with Gasteiger partial charge < -0.3 is 5.32 Å². The lowest BCUT2D eigenvalue weighted by molar-refractivity contribution is 0.0947. The van der Waals surface area contributed by atoms with Crippen LogP contribution in [-0.4, -0.2) is 31.1 Å². The molecule has 1 aromatic rings. The minimum Gasteiger partial charge on any atom is -0.345 e. The zero-order valence-electron chi connectivity index (χ0n) is 9.55. The van der Waals surface area contributed by atoms with Crippen molar-refractivity contribution in [1.82, 2.24) is 10.3 Å². The summed E-state index contributed by atoms with van der Waals surface area (Å²) in [7, 11) is -3.17. The van der Waals surface area contributed by atoms with Gasteiger partial charge in [0.2, 0.25) is 0 Å². The summed E-state index contributed by atoms with van der Waals surface area (Å²) in [5.74, 6) is -0.467. The van der Waals surface area contributed by atoms with Crippen LogP contribution in [0.4, 0.5) is 0 Å². The van der Waals surface area contributed by atoms with Gasteiger partial charge in [0.1, 0.15) is 5.15 Å². The first-order valence-electron chi connectivity index (χ1n) is 5.22. The number of halogens is 1. The highest BCUT2D eigenvalue weighted by Gasteiger charge is 2.23. The summed E-state index contributed by atoms with van der Waals surface area (Å²) in [5, 5.41) is 3.96. The number of hydrogen-bond donors (Lipinski definition) is 1. The van der Waals surface area contributed by atoms with Crippen LogP contribution < -0.4 is 5.32 Å². The molecule has 0 fully saturated rings. The first-order chi connectivity index (χ1) is 8.35. The summed E-state index contributed by atoms with van der Waals surface area (Å²) in [6.45, 7) is 1.72. The number of nitrogens with one attached hydrogen (secondary N) is 1. The van der Waals surface area contributed by atoms with Gasteiger partial charge in [-0.1, -0.05) is 11.6 Å². The van der Waals surface area contributed by atoms with Crippen molar-refractivity contribution < 1.29 is 13.2 Å². The van der Waals surface area contributed by atoms with E-state index in [0.29, 0.717) is 11.3 Å². The molecule has 18 heavy (non-hydrogen) atoms. The number of aryl methyl sites for hydroxylation is 1. The smallest absolute Gasteiger partial charge is 0.251 e. The van der Waals surface area contributed by atoms with Gasteiger partial charge in [0.05, 0.1) is 11.8 Å². The molecule has 7 heteroatoms. The summed E-state index contributed by atoms with van der Waals surface area (Å²) < 4.78 is 22.4. The van der Waals surface area contributed by atoms with Crippen molar-refractivity contribution in [3.05, 3.63) is 40.0 Å². The first-order valence-corrected chi connectivity index (χ1v) is 7.31. The van der Waals surface area contributed by atoms with E-state index in [1.807, 2.05) is 0 Å². The minimum atomic E-state index is -3.17. The fourth-order valence-corrected chi connectivity index (χ4v) is 3.16. The van der Waals surface area contributed by atoms with Crippen LogP contribution in [0, 0.1) is 6.92 Å². The molecule has 0 saturated heterocycles. The maximum Gasteiger partial charge on any atom is 0.251 e. The average molecular weight is 287 g/mol. The van der Waals surface area contributed by atoms with Crippen LogP contribution >= 0.6 is 11.6 Å². The molecule has 1 aliphatic rings. The second-order valence-electron chi connectivity index (χ2n) is 4.06. The summed E-state index contributed by atoms with van der Waals surface area (Å²) in [6.07, 6.45) is 1.46. The lowest BCUT2D eigenvalue weighted by Crippen LogP contribution is -2.35. The second kappa shape index (κ2) is 4.70. The van der Waals surface area contributed by atoms with Crippen molar-refractivity contribution in [3.63, 3.8) is 0 Å². The van der Waals surface area contributed by atoms with Gasteiger partial charge in [-0.25, -0.2) is 13.4 Å². The van der Waals surface area contributed by atoms with Gasteiger partial charge in [0.25, 0.3) is 5.91 Å². The van der Waals surface area contributed by atoms with Crippen molar-refractivity contribution >= 4 is 27.3 Å². The summed E-state index contributed by atoms with van der Waals surface area (Å²) in [6, 6.07) is 2.54. The van der Waals surface area contributed by atoms with Crippen LogP contribution in [-0.2, 0) is 9.84 Å². The highest BCUT2D eigenvalue weighted by molar-refractivity contribution is 7.94. The molecular formula is C11H11ClN2O3S. The van der Waals surface area contributed by atoms with E-state index in [4.69, 9.17) is 11.6 Å². The van der Waals surface area contributed by atoms with Crippen molar-refractivity contribution in [2.24, 2.45) is 0 Å². The number of nitrogens with zero attached hydrogens (tertiary/aromatic N) is 1. The van der Waals surface area contributed by atoms with E-state index < -0.39 is 15.9 Å². The molecule has 1 unspecified atom stereocenters. The number of hydrogen-bond acceptors (Lipinski definition) is 4. The molecule has 1 aromatic heterocycles. The molecule has 0 aliphatic carbocycles. The Kier molecular flexibility index (Phi) is 3.41. The van der Waals surface area contributed by atoms with Gasteiger partial charge in [0.15, 0.2) is 9.84 Å². The number of pyridine rings is 1. The maximum absolute atomic E-state index is 11.9. The molecule has 96 valence electrons. The van der Waals surface area contributed by atoms with Gasteiger partial charge in [-0.05, 0) is 25.1 Å². The second-order valence-corrected chi connectivity index (χ2v) is 6.38. The lowest BCUT2D eigenvalue weighted by atomic mass is 10.2. The highest BCUT2D eigenvalue weighted by Crippen LogP contribution is 2.12. The molecule has 0 bridgehead atoms. The van der Waals surface area contributed by atoms with Gasteiger partial charge in [-0.2, -0.15) is 0 Å². The number of sulfone groups is 1. The van der Waals surface area contributed by atoms with Crippen LogP contribution in [0.5, 0.6) is 0 Å². The van der Waals surface area contributed by atoms with Crippen molar-refractivity contribution in [1.29, 1.82) is 0 Å². The topological polar surface area (TPSA) is 76.1 Å². The Labute approximate surface area is 110 Å². The van der Waals surface area contributed by atoms with Gasteiger partial charge in [-0.3, -0.25) is 4.79 Å². The molecule has 5 nitrogen and oxygen atoms in total. The summed E-state index contributed by atoms with van der Waals surface area (Å²) in [4.78, 5) is 15.8. The monoisotopic (exact) mass is 286 g/mol. The standard InChI is InChI=1S/C11H11ClN2O3S/c1-7-4-8(5-10(12)13-7)11(15)14-9-2-3-18(16,17)6-9/h2-5,9H,6H2,1H3,(H,14,15). The Morgan fingerprint density at radius 3 is 2.78 bits per heavy atom. The molecule has 0 spiro atoms. The molecule has 1 atom stereocenters. The Bertz CT molecular complexity index is 605. The van der Waals surface area contributed by atoms with E-state index in [1.54, 1.807) is 13.0 Å². The average Bonchev–Trinajstić information content (AvgIpc) is 2.56. The molecule has 1 amide bonds. The molecule has 2 rings (SSSR count). The molecule has 1 aliphatic heterocycles. The molecule has 2 heterocycles. The Hall–Kier alpha value is -1.40. The van der Waals surface area contributed by atoms with Crippen LogP contribution in [0.15, 0.2) is 23.6 Å². The largest absolute Gasteiger partial charge is 0.345 e. The fourth-order valence-electron chi connectivity index (χ4n) is 1.68. The zero-order chi connectivity index (χ0) is 13.3. The van der Waals surface area contributed by atoms with Crippen molar-refractivity contribution in [2.75, 3.05) is 5.75 Å². The van der Waals surface area contributed by atoms with E-state index in [9.17, 15) is 13.2 Å². The van der Waals surface area contributed by atoms with E-state index in [1.165, 1.54) is 12.1 Å². The van der Waals surface area contributed by atoms with E-state index in [2.05, 4.69) is 10.3 Å². The third-order valence-corrected chi connectivity index (χ3v) is 4.02. The van der Waals surface area contributed by atoms with Gasteiger partial charge >= 0.3 is 0 Å². The van der Waals surface area contributed by atoms with Gasteiger partial charge in [-0.15, -0.1) is 0 Å². The predicted octanol–water partition coefficient (Wildman–Crippen LogP) is 1.08. The molecule has 0 aromatic carbocycles. The van der Waals surface area contributed by atoms with E-state index >= 15 is 0 Å². The molecule has 0 radical (unpaired) electrons. The van der Waals surface area contributed by atoms with Crippen molar-refractivity contribution in [3.8, 4) is 0 Å². The van der Waals surface area contributed by atoms with Crippen LogP contribution in [0.3, 0.4) is 0 Å². The summed E-state index contributed by atoms with van der Waals surface area (Å²) in [5.41, 5.74) is 0.993. The Morgan fingerprint density at radius 1 is 1.50 bits per heavy atom. The third kappa shape index (κ3) is 3.08. The quantitative estimate of drug-likeness (QED) is 0.826. The summed E-state index contributed by atoms with van der Waals surface area (Å²) >= 11 is 5.76. The number of aromatic nitrogens is 1. The molecular weight excluding hydrogens is 276 g/mol. The molecule has 1 N–H and O–H groups in total. The van der Waals surface area contributed by atoms with Crippen LogP contribution in [0.25, 0.3) is 0 Å². The van der Waals surface area contributed by atoms with Crippen LogP contribution in [0.1, 0.15) is 16.1 Å². The van der Waals surface area contributed by atoms with E-state index in [-0.39, 0.29) is 16.8 Å². The SMILES string of the molecule is Cc1cc(C(=O)NC2C=CS(=O)(=O)C2)cc(Cl)n1. The highest BCUT2D eigenvalue weighted by atomic mass is 35.5. The number of amides is 1. The number of carbonyl (C=O) groups is 1. The Morgan fingerprint density at radius 2 is 2.22 bits per heavy atom. The number of carbonyl (C=O) groups excluding carboxylic acids is 1.